The second-order valence-electron chi connectivity index (χ2n) is 9.46. The van der Waals surface area contributed by atoms with Crippen molar-refractivity contribution in [3.8, 4) is 18.2 Å². The maximum atomic E-state index is 10.0. The number of nitrogens with zero attached hydrogens (tertiary/aromatic N) is 4. The van der Waals surface area contributed by atoms with E-state index in [4.69, 9.17) is 9.84 Å². The molecule has 1 aliphatic heterocycles. The molecule has 2 N–H and O–H groups in total. The molecule has 2 heterocycles. The van der Waals surface area contributed by atoms with Gasteiger partial charge in [0, 0.05) is 34.6 Å². The van der Waals surface area contributed by atoms with E-state index in [1.807, 2.05) is 78.7 Å². The quantitative estimate of drug-likeness (QED) is 0.311. The Bertz CT molecular complexity index is 1640. The van der Waals surface area contributed by atoms with Crippen molar-refractivity contribution in [3.05, 3.63) is 116 Å². The van der Waals surface area contributed by atoms with Crippen molar-refractivity contribution in [2.45, 2.75) is 19.1 Å². The largest absolute Gasteiger partial charge is 0.474 e. The SMILES string of the molecule is CN(CCO)c1ccc(/C=C/c2ccc(/C=C/C3=C(C#N)C(=C(C#N)C#N)OC3(C)c3ccc(CO)cc3)s2)cc1. The molecule has 0 saturated heterocycles. The summed E-state index contributed by atoms with van der Waals surface area (Å²) in [5.41, 5.74) is 2.82. The molecule has 0 bridgehead atoms. The van der Waals surface area contributed by atoms with Crippen LogP contribution in [0.4, 0.5) is 5.69 Å². The van der Waals surface area contributed by atoms with Crippen LogP contribution in [0.25, 0.3) is 18.2 Å². The second kappa shape index (κ2) is 13.0. The van der Waals surface area contributed by atoms with Gasteiger partial charge < -0.3 is 19.8 Å². The first kappa shape index (κ1) is 29.1. The summed E-state index contributed by atoms with van der Waals surface area (Å²) in [5, 5.41) is 47.6. The summed E-state index contributed by atoms with van der Waals surface area (Å²) in [6.07, 6.45) is 7.77. The van der Waals surface area contributed by atoms with E-state index in [9.17, 15) is 20.9 Å². The molecule has 0 spiro atoms. The normalized spacial score (nSPS) is 16.5. The van der Waals surface area contributed by atoms with Crippen molar-refractivity contribution in [1.82, 2.24) is 0 Å². The summed E-state index contributed by atoms with van der Waals surface area (Å²) in [7, 11) is 1.94. The highest BCUT2D eigenvalue weighted by atomic mass is 32.1. The molecule has 0 radical (unpaired) electrons. The Morgan fingerprint density at radius 3 is 2.10 bits per heavy atom. The lowest BCUT2D eigenvalue weighted by Crippen LogP contribution is -2.23. The number of likely N-dealkylation sites (N-methyl/N-ethyl adjacent to an activating group) is 1. The molecule has 204 valence electrons. The molecule has 1 aromatic heterocycles. The van der Waals surface area contributed by atoms with E-state index in [1.165, 1.54) is 0 Å². The third-order valence-corrected chi connectivity index (χ3v) is 7.85. The van der Waals surface area contributed by atoms with Crippen LogP contribution in [-0.2, 0) is 16.9 Å². The molecule has 1 atom stereocenters. The minimum atomic E-state index is -1.12. The van der Waals surface area contributed by atoms with E-state index < -0.39 is 5.60 Å². The van der Waals surface area contributed by atoms with E-state index in [0.717, 1.165) is 32.1 Å². The van der Waals surface area contributed by atoms with Crippen molar-refractivity contribution in [2.24, 2.45) is 0 Å². The summed E-state index contributed by atoms with van der Waals surface area (Å²) in [4.78, 5) is 3.98. The maximum absolute atomic E-state index is 10.0. The molecule has 0 amide bonds. The molecule has 41 heavy (non-hydrogen) atoms. The standard InChI is InChI=1S/C33H28N4O3S/c1-33(26-8-3-24(22-39)4-9-26)31(30(21-36)32(40-33)25(19-34)20-35)16-15-29-14-13-28(41-29)12-7-23-5-10-27(11-6-23)37(2)17-18-38/h3-16,38-39H,17-18,22H2,1-2H3/b12-7+,16-15+. The summed E-state index contributed by atoms with van der Waals surface area (Å²) >= 11 is 1.58. The van der Waals surface area contributed by atoms with Gasteiger partial charge >= 0.3 is 0 Å². The number of aliphatic hydroxyl groups is 2. The average molecular weight is 561 g/mol. The van der Waals surface area contributed by atoms with Gasteiger partial charge in [-0.2, -0.15) is 15.8 Å². The van der Waals surface area contributed by atoms with Crippen LogP contribution in [0.3, 0.4) is 0 Å². The van der Waals surface area contributed by atoms with Crippen LogP contribution in [0.1, 0.15) is 33.4 Å². The maximum Gasteiger partial charge on any atom is 0.172 e. The minimum Gasteiger partial charge on any atom is -0.474 e. The van der Waals surface area contributed by atoms with Gasteiger partial charge in [-0.1, -0.05) is 48.6 Å². The van der Waals surface area contributed by atoms with E-state index in [1.54, 1.807) is 48.6 Å². The van der Waals surface area contributed by atoms with Crippen LogP contribution in [-0.4, -0.2) is 30.4 Å². The molecule has 0 saturated carbocycles. The minimum absolute atomic E-state index is 0.0331. The molecule has 8 heteroatoms. The number of rotatable bonds is 9. The van der Waals surface area contributed by atoms with Crippen LogP contribution in [0.15, 0.2) is 89.2 Å². The summed E-state index contributed by atoms with van der Waals surface area (Å²) in [6.45, 7) is 2.37. The van der Waals surface area contributed by atoms with Gasteiger partial charge in [0.15, 0.2) is 16.9 Å². The average Bonchev–Trinajstić information content (AvgIpc) is 3.57. The van der Waals surface area contributed by atoms with E-state index in [0.29, 0.717) is 12.1 Å². The zero-order valence-electron chi connectivity index (χ0n) is 22.7. The first-order valence-corrected chi connectivity index (χ1v) is 13.7. The lowest BCUT2D eigenvalue weighted by atomic mass is 9.86. The number of nitriles is 3. The van der Waals surface area contributed by atoms with Crippen LogP contribution in [0.2, 0.25) is 0 Å². The summed E-state index contributed by atoms with van der Waals surface area (Å²) < 4.78 is 6.19. The Morgan fingerprint density at radius 1 is 0.902 bits per heavy atom. The van der Waals surface area contributed by atoms with Crippen molar-refractivity contribution in [3.63, 3.8) is 0 Å². The smallest absolute Gasteiger partial charge is 0.172 e. The van der Waals surface area contributed by atoms with Gasteiger partial charge in [0.05, 0.1) is 13.2 Å². The lowest BCUT2D eigenvalue weighted by molar-refractivity contribution is 0.0755. The summed E-state index contributed by atoms with van der Waals surface area (Å²) in [5.74, 6) is -0.0331. The molecule has 2 aromatic carbocycles. The fourth-order valence-corrected chi connectivity index (χ4v) is 5.30. The monoisotopic (exact) mass is 560 g/mol. The zero-order chi connectivity index (χ0) is 29.4. The number of hydrogen-bond acceptors (Lipinski definition) is 8. The third kappa shape index (κ3) is 6.30. The number of benzene rings is 2. The van der Waals surface area contributed by atoms with E-state index in [-0.39, 0.29) is 30.1 Å². The molecule has 7 nitrogen and oxygen atoms in total. The zero-order valence-corrected chi connectivity index (χ0v) is 23.5. The van der Waals surface area contributed by atoms with E-state index >= 15 is 0 Å². The number of aliphatic hydroxyl groups excluding tert-OH is 2. The van der Waals surface area contributed by atoms with E-state index in [2.05, 4.69) is 6.07 Å². The van der Waals surface area contributed by atoms with Gasteiger partial charge in [0.2, 0.25) is 0 Å². The van der Waals surface area contributed by atoms with Crippen LogP contribution < -0.4 is 4.90 Å². The van der Waals surface area contributed by atoms with Crippen LogP contribution in [0.5, 0.6) is 0 Å². The van der Waals surface area contributed by atoms with Gasteiger partial charge in [0.25, 0.3) is 0 Å². The predicted molar refractivity (Wildman–Crippen MR) is 161 cm³/mol. The Hall–Kier alpha value is -4.91. The first-order valence-electron chi connectivity index (χ1n) is 12.8. The van der Waals surface area contributed by atoms with Gasteiger partial charge in [-0.25, -0.2) is 0 Å². The van der Waals surface area contributed by atoms with Gasteiger partial charge in [-0.15, -0.1) is 11.3 Å². The molecule has 3 aromatic rings. The molecule has 4 rings (SSSR count). The van der Waals surface area contributed by atoms with Crippen LogP contribution in [0, 0.1) is 34.0 Å². The Balaban J connectivity index is 1.63. The Kier molecular flexibility index (Phi) is 9.19. The fraction of sp³-hybridized carbons (Fsp3) is 0.182. The van der Waals surface area contributed by atoms with Crippen molar-refractivity contribution >= 4 is 35.3 Å². The highest BCUT2D eigenvalue weighted by Gasteiger charge is 2.43. The predicted octanol–water partition coefficient (Wildman–Crippen LogP) is 5.92. The Morgan fingerprint density at radius 2 is 1.54 bits per heavy atom. The fourth-order valence-electron chi connectivity index (χ4n) is 4.48. The number of allylic oxidation sites excluding steroid dienone is 2. The lowest BCUT2D eigenvalue weighted by Gasteiger charge is -2.27. The third-order valence-electron chi connectivity index (χ3n) is 6.84. The van der Waals surface area contributed by atoms with Crippen molar-refractivity contribution in [1.29, 1.82) is 15.8 Å². The van der Waals surface area contributed by atoms with Gasteiger partial charge in [-0.3, -0.25) is 0 Å². The highest BCUT2D eigenvalue weighted by Crippen LogP contribution is 2.47. The van der Waals surface area contributed by atoms with Gasteiger partial charge in [0.1, 0.15) is 23.8 Å². The molecular formula is C33H28N4O3S. The highest BCUT2D eigenvalue weighted by molar-refractivity contribution is 7.13. The first-order chi connectivity index (χ1) is 19.9. The molecule has 0 fully saturated rings. The molecule has 0 aliphatic carbocycles. The van der Waals surface area contributed by atoms with Crippen molar-refractivity contribution < 1.29 is 14.9 Å². The second-order valence-corrected chi connectivity index (χ2v) is 10.6. The number of hydrogen-bond donors (Lipinski definition) is 2. The number of thiophene rings is 1. The Labute approximate surface area is 243 Å². The molecular weight excluding hydrogens is 532 g/mol. The number of ether oxygens (including phenoxy) is 1. The molecule has 1 aliphatic rings. The topological polar surface area (TPSA) is 124 Å². The van der Waals surface area contributed by atoms with Gasteiger partial charge in [-0.05, 0) is 60.0 Å². The van der Waals surface area contributed by atoms with Crippen molar-refractivity contribution in [2.75, 3.05) is 25.1 Å². The number of anilines is 1. The summed E-state index contributed by atoms with van der Waals surface area (Å²) in [6, 6.07) is 25.1. The molecule has 1 unspecified atom stereocenters. The van der Waals surface area contributed by atoms with Crippen LogP contribution >= 0.6 is 11.3 Å².